The molecule has 1 aromatic rings. The molecule has 18 heavy (non-hydrogen) atoms. The molecule has 1 rings (SSSR count). The van der Waals surface area contributed by atoms with Crippen molar-refractivity contribution >= 4 is 17.2 Å². The molecule has 0 aliphatic heterocycles. The van der Waals surface area contributed by atoms with E-state index in [1.165, 1.54) is 0 Å². The second kappa shape index (κ2) is 6.29. The van der Waals surface area contributed by atoms with Crippen molar-refractivity contribution in [3.8, 4) is 0 Å². The highest BCUT2D eigenvalue weighted by Gasteiger charge is 2.24. The van der Waals surface area contributed by atoms with Crippen LogP contribution >= 0.6 is 11.3 Å². The van der Waals surface area contributed by atoms with E-state index in [1.54, 1.807) is 17.5 Å². The lowest BCUT2D eigenvalue weighted by atomic mass is 9.85. The largest absolute Gasteiger partial charge is 0.347 e. The first-order valence-corrected chi connectivity index (χ1v) is 7.17. The van der Waals surface area contributed by atoms with Gasteiger partial charge in [-0.05, 0) is 11.8 Å². The van der Waals surface area contributed by atoms with Crippen LogP contribution in [0.4, 0.5) is 0 Å². The van der Waals surface area contributed by atoms with Crippen molar-refractivity contribution < 1.29 is 4.79 Å². The van der Waals surface area contributed by atoms with Gasteiger partial charge in [0.1, 0.15) is 5.01 Å². The van der Waals surface area contributed by atoms with Crippen LogP contribution in [0.1, 0.15) is 51.6 Å². The standard InChI is InChI=1S/C13H23N3OS/c1-5-9(12-15-6-7-18-12)16-11(17)8-10(14)13(2,3)4/h6-7,9-10H,5,8,14H2,1-4H3,(H,16,17). The highest BCUT2D eigenvalue weighted by molar-refractivity contribution is 7.09. The van der Waals surface area contributed by atoms with Crippen molar-refractivity contribution in [2.45, 2.75) is 52.6 Å². The van der Waals surface area contributed by atoms with Crippen LogP contribution in [0.3, 0.4) is 0 Å². The molecule has 1 amide bonds. The normalized spacial score (nSPS) is 15.2. The van der Waals surface area contributed by atoms with Crippen molar-refractivity contribution in [2.75, 3.05) is 0 Å². The number of hydrogen-bond acceptors (Lipinski definition) is 4. The fourth-order valence-corrected chi connectivity index (χ4v) is 2.28. The molecule has 0 aromatic carbocycles. The van der Waals surface area contributed by atoms with Crippen LogP contribution in [-0.2, 0) is 4.79 Å². The SMILES string of the molecule is CCC(NC(=O)CC(N)C(C)(C)C)c1nccs1. The Bertz CT molecular complexity index is 370. The predicted octanol–water partition coefficient (Wildman–Crippen LogP) is 2.47. The third kappa shape index (κ3) is 4.38. The fourth-order valence-electron chi connectivity index (χ4n) is 1.50. The van der Waals surface area contributed by atoms with E-state index in [9.17, 15) is 4.79 Å². The number of carbonyl (C=O) groups is 1. The van der Waals surface area contributed by atoms with Crippen molar-refractivity contribution in [1.82, 2.24) is 10.3 Å². The molecule has 0 bridgehead atoms. The first-order chi connectivity index (χ1) is 8.34. The molecule has 3 N–H and O–H groups in total. The summed E-state index contributed by atoms with van der Waals surface area (Å²) in [5, 5.41) is 5.88. The smallest absolute Gasteiger partial charge is 0.222 e. The van der Waals surface area contributed by atoms with Crippen LogP contribution in [0.2, 0.25) is 0 Å². The number of nitrogens with one attached hydrogen (secondary N) is 1. The summed E-state index contributed by atoms with van der Waals surface area (Å²) >= 11 is 1.56. The summed E-state index contributed by atoms with van der Waals surface area (Å²) in [5.74, 6) is -0.000486. The van der Waals surface area contributed by atoms with Crippen molar-refractivity contribution in [3.63, 3.8) is 0 Å². The van der Waals surface area contributed by atoms with Gasteiger partial charge in [-0.15, -0.1) is 11.3 Å². The Morgan fingerprint density at radius 1 is 1.56 bits per heavy atom. The van der Waals surface area contributed by atoms with Crippen LogP contribution in [0.5, 0.6) is 0 Å². The molecular formula is C13H23N3OS. The molecule has 0 spiro atoms. The van der Waals surface area contributed by atoms with E-state index in [1.807, 2.05) is 33.1 Å². The Hall–Kier alpha value is -0.940. The zero-order valence-corrected chi connectivity index (χ0v) is 12.4. The maximum absolute atomic E-state index is 12.0. The van der Waals surface area contributed by atoms with Gasteiger partial charge in [0.15, 0.2) is 0 Å². The molecule has 2 atom stereocenters. The van der Waals surface area contributed by atoms with E-state index < -0.39 is 0 Å². The maximum Gasteiger partial charge on any atom is 0.222 e. The van der Waals surface area contributed by atoms with Crippen LogP contribution < -0.4 is 11.1 Å². The van der Waals surface area contributed by atoms with Gasteiger partial charge in [-0.2, -0.15) is 0 Å². The Kier molecular flexibility index (Phi) is 5.28. The number of aromatic nitrogens is 1. The molecule has 5 heteroatoms. The second-order valence-corrected chi connectivity index (χ2v) is 6.50. The molecule has 0 fully saturated rings. The summed E-state index contributed by atoms with van der Waals surface area (Å²) in [6.07, 6.45) is 2.95. The van der Waals surface area contributed by atoms with Crippen LogP contribution in [0, 0.1) is 5.41 Å². The fraction of sp³-hybridized carbons (Fsp3) is 0.692. The topological polar surface area (TPSA) is 68.0 Å². The Morgan fingerprint density at radius 2 is 2.22 bits per heavy atom. The van der Waals surface area contributed by atoms with Gasteiger partial charge in [-0.25, -0.2) is 4.98 Å². The quantitative estimate of drug-likeness (QED) is 0.863. The highest BCUT2D eigenvalue weighted by Crippen LogP contribution is 2.22. The Morgan fingerprint density at radius 3 is 2.67 bits per heavy atom. The Balaban J connectivity index is 2.54. The molecule has 4 nitrogen and oxygen atoms in total. The van der Waals surface area contributed by atoms with Crippen LogP contribution in [0.15, 0.2) is 11.6 Å². The molecule has 0 radical (unpaired) electrons. The summed E-state index contributed by atoms with van der Waals surface area (Å²) in [6.45, 7) is 8.17. The average molecular weight is 269 g/mol. The number of nitrogens with two attached hydrogens (primary N) is 1. The molecular weight excluding hydrogens is 246 g/mol. The molecule has 2 unspecified atom stereocenters. The first kappa shape index (κ1) is 15.1. The summed E-state index contributed by atoms with van der Waals surface area (Å²) < 4.78 is 0. The molecule has 0 saturated heterocycles. The van der Waals surface area contributed by atoms with E-state index in [-0.39, 0.29) is 23.4 Å². The number of hydrogen-bond donors (Lipinski definition) is 2. The summed E-state index contributed by atoms with van der Waals surface area (Å²) in [7, 11) is 0. The van der Waals surface area contributed by atoms with Gasteiger partial charge in [-0.1, -0.05) is 27.7 Å². The van der Waals surface area contributed by atoms with Crippen LogP contribution in [0.25, 0.3) is 0 Å². The number of carbonyl (C=O) groups excluding carboxylic acids is 1. The lowest BCUT2D eigenvalue weighted by molar-refractivity contribution is -0.122. The molecule has 0 aliphatic carbocycles. The second-order valence-electron chi connectivity index (χ2n) is 5.58. The molecule has 1 aromatic heterocycles. The predicted molar refractivity (Wildman–Crippen MR) is 75.3 cm³/mol. The lowest BCUT2D eigenvalue weighted by Gasteiger charge is -2.27. The van der Waals surface area contributed by atoms with Crippen molar-refractivity contribution in [3.05, 3.63) is 16.6 Å². The van der Waals surface area contributed by atoms with Gasteiger partial charge in [0.25, 0.3) is 0 Å². The van der Waals surface area contributed by atoms with Gasteiger partial charge in [0.2, 0.25) is 5.91 Å². The summed E-state index contributed by atoms with van der Waals surface area (Å²) in [6, 6.07) is -0.129. The minimum Gasteiger partial charge on any atom is -0.347 e. The minimum absolute atomic E-state index is 0.000486. The highest BCUT2D eigenvalue weighted by atomic mass is 32.1. The number of thiazole rings is 1. The van der Waals surface area contributed by atoms with Gasteiger partial charge in [0.05, 0.1) is 6.04 Å². The van der Waals surface area contributed by atoms with Gasteiger partial charge in [0, 0.05) is 24.0 Å². The third-order valence-corrected chi connectivity index (χ3v) is 3.90. The maximum atomic E-state index is 12.0. The van der Waals surface area contributed by atoms with Crippen molar-refractivity contribution in [2.24, 2.45) is 11.1 Å². The first-order valence-electron chi connectivity index (χ1n) is 6.29. The Labute approximate surface area is 113 Å². The summed E-state index contributed by atoms with van der Waals surface area (Å²) in [4.78, 5) is 16.2. The lowest BCUT2D eigenvalue weighted by Crippen LogP contribution is -2.40. The van der Waals surface area contributed by atoms with Gasteiger partial charge in [-0.3, -0.25) is 4.79 Å². The zero-order chi connectivity index (χ0) is 13.8. The molecule has 1 heterocycles. The summed E-state index contributed by atoms with van der Waals surface area (Å²) in [5.41, 5.74) is 5.96. The van der Waals surface area contributed by atoms with Gasteiger partial charge < -0.3 is 11.1 Å². The average Bonchev–Trinajstić information content (AvgIpc) is 2.77. The molecule has 0 aliphatic rings. The van der Waals surface area contributed by atoms with E-state index >= 15 is 0 Å². The number of nitrogens with zero attached hydrogens (tertiary/aromatic N) is 1. The van der Waals surface area contributed by atoms with Gasteiger partial charge >= 0.3 is 0 Å². The zero-order valence-electron chi connectivity index (χ0n) is 11.6. The number of rotatable bonds is 5. The number of amides is 1. The van der Waals surface area contributed by atoms with Crippen LogP contribution in [-0.4, -0.2) is 16.9 Å². The monoisotopic (exact) mass is 269 g/mol. The van der Waals surface area contributed by atoms with E-state index in [0.29, 0.717) is 6.42 Å². The molecule has 102 valence electrons. The van der Waals surface area contributed by atoms with Crippen molar-refractivity contribution in [1.29, 1.82) is 0 Å². The van der Waals surface area contributed by atoms with E-state index in [4.69, 9.17) is 5.73 Å². The third-order valence-electron chi connectivity index (χ3n) is 3.01. The van der Waals surface area contributed by atoms with E-state index in [2.05, 4.69) is 10.3 Å². The molecule has 0 saturated carbocycles. The van der Waals surface area contributed by atoms with E-state index in [0.717, 1.165) is 11.4 Å². The minimum atomic E-state index is -0.133.